The molecule has 2 heterocycles. The van der Waals surface area contributed by atoms with Gasteiger partial charge in [0.15, 0.2) is 0 Å². The minimum Gasteiger partial charge on any atom is -0.376 e. The summed E-state index contributed by atoms with van der Waals surface area (Å²) >= 11 is 5.08. The van der Waals surface area contributed by atoms with E-state index in [-0.39, 0.29) is 12.0 Å². The van der Waals surface area contributed by atoms with Crippen molar-refractivity contribution in [2.45, 2.75) is 44.9 Å². The molecule has 1 saturated heterocycles. The zero-order valence-corrected chi connectivity index (χ0v) is 14.9. The summed E-state index contributed by atoms with van der Waals surface area (Å²) in [6.45, 7) is 3.74. The normalized spacial score (nSPS) is 20.2. The molecule has 21 heavy (non-hydrogen) atoms. The van der Waals surface area contributed by atoms with Gasteiger partial charge < -0.3 is 14.4 Å². The lowest BCUT2D eigenvalue weighted by atomic mass is 10.1. The van der Waals surface area contributed by atoms with E-state index in [1.807, 2.05) is 26.1 Å². The molecule has 1 fully saturated rings. The molecular weight excluding hydrogens is 354 g/mol. The number of nitrogens with zero attached hydrogens (tertiary/aromatic N) is 1. The standard InChI is InChI=1S/C15H22BrNO3S/c1-11(20-10-12-5-3-4-8-19-12)15(18)17(2)9-13-6-7-14(16)21-13/h6-7,11-12H,3-5,8-10H2,1-2H3. The van der Waals surface area contributed by atoms with Crippen LogP contribution in [0.25, 0.3) is 0 Å². The Kier molecular flexibility index (Phi) is 6.67. The Balaban J connectivity index is 1.75. The molecule has 0 N–H and O–H groups in total. The quantitative estimate of drug-likeness (QED) is 0.764. The summed E-state index contributed by atoms with van der Waals surface area (Å²) in [7, 11) is 1.81. The molecule has 0 saturated carbocycles. The van der Waals surface area contributed by atoms with Gasteiger partial charge in [-0.15, -0.1) is 11.3 Å². The number of thiophene rings is 1. The van der Waals surface area contributed by atoms with Crippen LogP contribution in [0.15, 0.2) is 15.9 Å². The lowest BCUT2D eigenvalue weighted by molar-refractivity contribution is -0.145. The van der Waals surface area contributed by atoms with Crippen molar-refractivity contribution in [2.24, 2.45) is 0 Å². The Morgan fingerprint density at radius 1 is 1.57 bits per heavy atom. The second kappa shape index (κ2) is 8.27. The van der Waals surface area contributed by atoms with Gasteiger partial charge in [0.05, 0.1) is 23.0 Å². The first-order valence-electron chi connectivity index (χ1n) is 7.28. The fourth-order valence-corrected chi connectivity index (χ4v) is 3.86. The molecule has 1 aliphatic heterocycles. The van der Waals surface area contributed by atoms with Crippen molar-refractivity contribution in [3.05, 3.63) is 20.8 Å². The van der Waals surface area contributed by atoms with E-state index in [1.165, 1.54) is 6.42 Å². The summed E-state index contributed by atoms with van der Waals surface area (Å²) in [6, 6.07) is 4.03. The maximum absolute atomic E-state index is 12.3. The van der Waals surface area contributed by atoms with Gasteiger partial charge in [-0.25, -0.2) is 0 Å². The van der Waals surface area contributed by atoms with Crippen molar-refractivity contribution in [2.75, 3.05) is 20.3 Å². The zero-order valence-electron chi connectivity index (χ0n) is 12.5. The van der Waals surface area contributed by atoms with E-state index < -0.39 is 6.10 Å². The van der Waals surface area contributed by atoms with Crippen LogP contribution in [0.5, 0.6) is 0 Å². The molecule has 1 aromatic rings. The molecular formula is C15H22BrNO3S. The highest BCUT2D eigenvalue weighted by atomic mass is 79.9. The highest BCUT2D eigenvalue weighted by molar-refractivity contribution is 9.11. The predicted molar refractivity (Wildman–Crippen MR) is 87.5 cm³/mol. The first-order chi connectivity index (χ1) is 10.1. The zero-order chi connectivity index (χ0) is 15.2. The molecule has 2 unspecified atom stereocenters. The third-order valence-corrected chi connectivity index (χ3v) is 5.16. The number of carbonyl (C=O) groups is 1. The van der Waals surface area contributed by atoms with Crippen molar-refractivity contribution >= 4 is 33.2 Å². The Labute approximate surface area is 138 Å². The van der Waals surface area contributed by atoms with Gasteiger partial charge in [-0.2, -0.15) is 0 Å². The van der Waals surface area contributed by atoms with Crippen LogP contribution in [0.4, 0.5) is 0 Å². The van der Waals surface area contributed by atoms with E-state index in [1.54, 1.807) is 16.2 Å². The average Bonchev–Trinajstić information content (AvgIpc) is 2.90. The van der Waals surface area contributed by atoms with Crippen molar-refractivity contribution < 1.29 is 14.3 Å². The average molecular weight is 376 g/mol. The van der Waals surface area contributed by atoms with Gasteiger partial charge in [0, 0.05) is 18.5 Å². The van der Waals surface area contributed by atoms with Gasteiger partial charge in [0.2, 0.25) is 0 Å². The molecule has 0 aromatic carbocycles. The van der Waals surface area contributed by atoms with Crippen LogP contribution in [0, 0.1) is 0 Å². The molecule has 0 radical (unpaired) electrons. The lowest BCUT2D eigenvalue weighted by Gasteiger charge is -2.25. The maximum Gasteiger partial charge on any atom is 0.251 e. The second-order valence-corrected chi connectivity index (χ2v) is 7.91. The van der Waals surface area contributed by atoms with Crippen LogP contribution in [-0.2, 0) is 20.8 Å². The van der Waals surface area contributed by atoms with Gasteiger partial charge in [-0.05, 0) is 54.2 Å². The summed E-state index contributed by atoms with van der Waals surface area (Å²) in [4.78, 5) is 15.1. The monoisotopic (exact) mass is 375 g/mol. The number of amides is 1. The molecule has 1 aliphatic rings. The molecule has 2 atom stereocenters. The number of hydrogen-bond donors (Lipinski definition) is 0. The molecule has 2 rings (SSSR count). The van der Waals surface area contributed by atoms with Crippen LogP contribution in [-0.4, -0.2) is 43.3 Å². The van der Waals surface area contributed by atoms with Crippen LogP contribution >= 0.6 is 27.3 Å². The minimum absolute atomic E-state index is 0.00957. The first-order valence-corrected chi connectivity index (χ1v) is 8.89. The summed E-state index contributed by atoms with van der Waals surface area (Å²) in [5, 5.41) is 0. The van der Waals surface area contributed by atoms with Crippen LogP contribution in [0.3, 0.4) is 0 Å². The van der Waals surface area contributed by atoms with Crippen LogP contribution in [0.2, 0.25) is 0 Å². The van der Waals surface area contributed by atoms with Crippen molar-refractivity contribution in [3.8, 4) is 0 Å². The summed E-state index contributed by atoms with van der Waals surface area (Å²) in [5.74, 6) is 0.00957. The van der Waals surface area contributed by atoms with Crippen LogP contribution in [0.1, 0.15) is 31.1 Å². The molecule has 0 bridgehead atoms. The Bertz CT molecular complexity index is 460. The molecule has 118 valence electrons. The number of carbonyl (C=O) groups excluding carboxylic acids is 1. The molecule has 0 spiro atoms. The number of likely N-dealkylation sites (N-methyl/N-ethyl adjacent to an activating group) is 1. The van der Waals surface area contributed by atoms with Gasteiger partial charge in [-0.3, -0.25) is 4.79 Å². The minimum atomic E-state index is -0.427. The van der Waals surface area contributed by atoms with Crippen LogP contribution < -0.4 is 0 Å². The van der Waals surface area contributed by atoms with Gasteiger partial charge >= 0.3 is 0 Å². The molecule has 1 aromatic heterocycles. The molecule has 0 aliphatic carbocycles. The highest BCUT2D eigenvalue weighted by Crippen LogP contribution is 2.23. The van der Waals surface area contributed by atoms with Crippen molar-refractivity contribution in [3.63, 3.8) is 0 Å². The maximum atomic E-state index is 12.3. The number of hydrogen-bond acceptors (Lipinski definition) is 4. The van der Waals surface area contributed by atoms with E-state index in [0.717, 1.165) is 28.1 Å². The topological polar surface area (TPSA) is 38.8 Å². The van der Waals surface area contributed by atoms with E-state index >= 15 is 0 Å². The third-order valence-electron chi connectivity index (χ3n) is 3.55. The number of rotatable bonds is 6. The van der Waals surface area contributed by atoms with Gasteiger partial charge in [0.25, 0.3) is 5.91 Å². The predicted octanol–water partition coefficient (Wildman–Crippen LogP) is 3.44. The first kappa shape index (κ1) is 16.9. The molecule has 4 nitrogen and oxygen atoms in total. The lowest BCUT2D eigenvalue weighted by Crippen LogP contribution is -2.37. The Morgan fingerprint density at radius 3 is 3.00 bits per heavy atom. The Morgan fingerprint density at radius 2 is 2.38 bits per heavy atom. The van der Waals surface area contributed by atoms with Gasteiger partial charge in [-0.1, -0.05) is 0 Å². The van der Waals surface area contributed by atoms with E-state index in [9.17, 15) is 4.79 Å². The largest absolute Gasteiger partial charge is 0.376 e. The van der Waals surface area contributed by atoms with Crippen molar-refractivity contribution in [1.29, 1.82) is 0 Å². The smallest absolute Gasteiger partial charge is 0.251 e. The Hall–Kier alpha value is -0.430. The number of halogens is 1. The van der Waals surface area contributed by atoms with Gasteiger partial charge in [0.1, 0.15) is 6.10 Å². The fourth-order valence-electron chi connectivity index (χ4n) is 2.32. The molecule has 6 heteroatoms. The van der Waals surface area contributed by atoms with E-state index in [4.69, 9.17) is 9.47 Å². The highest BCUT2D eigenvalue weighted by Gasteiger charge is 2.21. The van der Waals surface area contributed by atoms with Crippen molar-refractivity contribution in [1.82, 2.24) is 4.90 Å². The van der Waals surface area contributed by atoms with E-state index in [2.05, 4.69) is 15.9 Å². The fraction of sp³-hybridized carbons (Fsp3) is 0.667. The summed E-state index contributed by atoms with van der Waals surface area (Å²) < 4.78 is 12.4. The second-order valence-electron chi connectivity index (χ2n) is 5.36. The molecule has 1 amide bonds. The third kappa shape index (κ3) is 5.36. The summed E-state index contributed by atoms with van der Waals surface area (Å²) in [5.41, 5.74) is 0. The summed E-state index contributed by atoms with van der Waals surface area (Å²) in [6.07, 6.45) is 3.06. The number of ether oxygens (including phenoxy) is 2. The van der Waals surface area contributed by atoms with E-state index in [0.29, 0.717) is 13.2 Å². The SMILES string of the molecule is CC(OCC1CCCCO1)C(=O)N(C)Cc1ccc(Br)s1.